The number of likely N-dealkylation sites (N-methyl/N-ethyl adjacent to an activating group) is 2. The van der Waals surface area contributed by atoms with Crippen molar-refractivity contribution in [3.05, 3.63) is 0 Å². The van der Waals surface area contributed by atoms with Crippen LogP contribution >= 0.6 is 0 Å². The molecule has 0 aliphatic rings. The molecule has 0 aliphatic heterocycles. The molecular weight excluding hydrogens is 366 g/mol. The number of carbonyl (C=O) groups is 3. The van der Waals surface area contributed by atoms with E-state index < -0.39 is 12.1 Å². The summed E-state index contributed by atoms with van der Waals surface area (Å²) in [5.41, 5.74) is 0. The van der Waals surface area contributed by atoms with Crippen molar-refractivity contribution >= 4 is 17.6 Å². The highest BCUT2D eigenvalue weighted by Gasteiger charge is 2.36. The van der Waals surface area contributed by atoms with Crippen LogP contribution in [0.15, 0.2) is 0 Å². The SMILES string of the molecule is CC[C@H](C)C(C(=O)N[C@H](C(=O)N(C)[C@@H](CC(C)C)C(=O)C(C)C)C(C)C)N(C)C. The lowest BCUT2D eigenvalue weighted by molar-refractivity contribution is -0.144. The molecule has 0 radical (unpaired) electrons. The monoisotopic (exact) mass is 411 g/mol. The Morgan fingerprint density at radius 2 is 1.41 bits per heavy atom. The molecule has 29 heavy (non-hydrogen) atoms. The molecule has 0 saturated carbocycles. The fourth-order valence-electron chi connectivity index (χ4n) is 3.65. The number of nitrogens with one attached hydrogen (secondary N) is 1. The van der Waals surface area contributed by atoms with E-state index in [2.05, 4.69) is 26.1 Å². The number of ketones is 1. The lowest BCUT2D eigenvalue weighted by Crippen LogP contribution is -2.58. The van der Waals surface area contributed by atoms with Crippen LogP contribution in [0, 0.1) is 23.7 Å². The van der Waals surface area contributed by atoms with Crippen molar-refractivity contribution < 1.29 is 14.4 Å². The predicted molar refractivity (Wildman–Crippen MR) is 120 cm³/mol. The Kier molecular flexibility index (Phi) is 11.7. The summed E-state index contributed by atoms with van der Waals surface area (Å²) in [7, 11) is 5.46. The second kappa shape index (κ2) is 12.3. The molecule has 0 rings (SSSR count). The van der Waals surface area contributed by atoms with Gasteiger partial charge >= 0.3 is 0 Å². The normalized spacial score (nSPS) is 16.1. The van der Waals surface area contributed by atoms with E-state index in [1.165, 1.54) is 0 Å². The zero-order valence-corrected chi connectivity index (χ0v) is 20.6. The van der Waals surface area contributed by atoms with Crippen LogP contribution in [0.25, 0.3) is 0 Å². The number of amides is 2. The highest BCUT2D eigenvalue weighted by atomic mass is 16.2. The Morgan fingerprint density at radius 1 is 0.897 bits per heavy atom. The molecule has 0 aliphatic carbocycles. The summed E-state index contributed by atoms with van der Waals surface area (Å²) in [6.45, 7) is 15.8. The molecule has 6 heteroatoms. The summed E-state index contributed by atoms with van der Waals surface area (Å²) in [5.74, 6) is -0.0493. The first-order valence-electron chi connectivity index (χ1n) is 11.0. The topological polar surface area (TPSA) is 69.7 Å². The molecule has 4 atom stereocenters. The molecule has 6 nitrogen and oxygen atoms in total. The Hall–Kier alpha value is -1.43. The van der Waals surface area contributed by atoms with Crippen LogP contribution in [0.2, 0.25) is 0 Å². The van der Waals surface area contributed by atoms with Gasteiger partial charge in [0, 0.05) is 13.0 Å². The van der Waals surface area contributed by atoms with Gasteiger partial charge in [0.15, 0.2) is 5.78 Å². The summed E-state index contributed by atoms with van der Waals surface area (Å²) in [6.07, 6.45) is 1.49. The van der Waals surface area contributed by atoms with Gasteiger partial charge in [-0.3, -0.25) is 19.3 Å². The maximum atomic E-state index is 13.3. The van der Waals surface area contributed by atoms with Gasteiger partial charge < -0.3 is 10.2 Å². The third-order valence-corrected chi connectivity index (χ3v) is 5.65. The van der Waals surface area contributed by atoms with Crippen LogP contribution in [-0.2, 0) is 14.4 Å². The van der Waals surface area contributed by atoms with Crippen LogP contribution in [0.5, 0.6) is 0 Å². The molecular formula is C23H45N3O3. The highest BCUT2D eigenvalue weighted by Crippen LogP contribution is 2.19. The van der Waals surface area contributed by atoms with Crippen molar-refractivity contribution in [2.75, 3.05) is 21.1 Å². The van der Waals surface area contributed by atoms with Crippen molar-refractivity contribution in [1.29, 1.82) is 0 Å². The summed E-state index contributed by atoms with van der Waals surface area (Å²) in [4.78, 5) is 42.6. The van der Waals surface area contributed by atoms with Gasteiger partial charge in [-0.1, -0.05) is 61.8 Å². The molecule has 1 unspecified atom stereocenters. The quantitative estimate of drug-likeness (QED) is 0.535. The van der Waals surface area contributed by atoms with Crippen LogP contribution in [-0.4, -0.2) is 66.7 Å². The minimum Gasteiger partial charge on any atom is -0.343 e. The maximum Gasteiger partial charge on any atom is 0.245 e. The average molecular weight is 412 g/mol. The van der Waals surface area contributed by atoms with E-state index in [0.29, 0.717) is 6.42 Å². The highest BCUT2D eigenvalue weighted by molar-refractivity contribution is 5.94. The van der Waals surface area contributed by atoms with Crippen molar-refractivity contribution in [3.63, 3.8) is 0 Å². The first-order chi connectivity index (χ1) is 13.3. The number of nitrogens with zero attached hydrogens (tertiary/aromatic N) is 2. The van der Waals surface area contributed by atoms with Gasteiger partial charge in [-0.15, -0.1) is 0 Å². The van der Waals surface area contributed by atoms with Gasteiger partial charge in [-0.25, -0.2) is 0 Å². The van der Waals surface area contributed by atoms with Crippen LogP contribution < -0.4 is 5.32 Å². The number of hydrogen-bond donors (Lipinski definition) is 1. The fraction of sp³-hybridized carbons (Fsp3) is 0.870. The van der Waals surface area contributed by atoms with Crippen molar-refractivity contribution in [2.45, 2.75) is 86.4 Å². The predicted octanol–water partition coefficient (Wildman–Crippen LogP) is 3.20. The summed E-state index contributed by atoms with van der Waals surface area (Å²) in [5, 5.41) is 2.99. The lowest BCUT2D eigenvalue weighted by Gasteiger charge is -2.35. The molecule has 0 aromatic carbocycles. The second-order valence-electron chi connectivity index (χ2n) is 9.68. The number of carbonyl (C=O) groups excluding carboxylic acids is 3. The summed E-state index contributed by atoms with van der Waals surface area (Å²) < 4.78 is 0. The Morgan fingerprint density at radius 3 is 1.76 bits per heavy atom. The molecule has 0 fully saturated rings. The third kappa shape index (κ3) is 8.07. The van der Waals surface area contributed by atoms with Gasteiger partial charge in [0.25, 0.3) is 0 Å². The first kappa shape index (κ1) is 27.6. The molecule has 0 saturated heterocycles. The first-order valence-corrected chi connectivity index (χ1v) is 11.0. The molecule has 0 aromatic rings. The molecule has 0 spiro atoms. The van der Waals surface area contributed by atoms with E-state index in [4.69, 9.17) is 0 Å². The summed E-state index contributed by atoms with van der Waals surface area (Å²) in [6, 6.07) is -1.43. The largest absolute Gasteiger partial charge is 0.343 e. The maximum absolute atomic E-state index is 13.3. The number of Topliss-reactive ketones (excluding diaryl/α,β-unsaturated/α-hetero) is 1. The van der Waals surface area contributed by atoms with Crippen LogP contribution in [0.1, 0.15) is 68.2 Å². The Bertz CT molecular complexity index is 543. The van der Waals surface area contributed by atoms with E-state index in [-0.39, 0.29) is 47.3 Å². The zero-order valence-electron chi connectivity index (χ0n) is 20.6. The van der Waals surface area contributed by atoms with E-state index in [9.17, 15) is 14.4 Å². The number of hydrogen-bond acceptors (Lipinski definition) is 4. The zero-order chi connectivity index (χ0) is 23.0. The minimum atomic E-state index is -0.659. The van der Waals surface area contributed by atoms with E-state index in [1.54, 1.807) is 11.9 Å². The van der Waals surface area contributed by atoms with E-state index in [1.807, 2.05) is 53.6 Å². The molecule has 2 amide bonds. The van der Waals surface area contributed by atoms with Gasteiger partial charge in [0.1, 0.15) is 6.04 Å². The molecule has 170 valence electrons. The Balaban J connectivity index is 5.67. The molecule has 0 heterocycles. The third-order valence-electron chi connectivity index (χ3n) is 5.65. The van der Waals surface area contributed by atoms with Crippen LogP contribution in [0.3, 0.4) is 0 Å². The van der Waals surface area contributed by atoms with E-state index >= 15 is 0 Å². The van der Waals surface area contributed by atoms with Gasteiger partial charge in [0.2, 0.25) is 11.8 Å². The fourth-order valence-corrected chi connectivity index (χ4v) is 3.65. The number of rotatable bonds is 12. The van der Waals surface area contributed by atoms with Crippen molar-refractivity contribution in [2.24, 2.45) is 23.7 Å². The minimum absolute atomic E-state index is 0.0640. The molecule has 0 bridgehead atoms. The summed E-state index contributed by atoms with van der Waals surface area (Å²) >= 11 is 0. The molecule has 0 aromatic heterocycles. The second-order valence-corrected chi connectivity index (χ2v) is 9.68. The van der Waals surface area contributed by atoms with Crippen molar-refractivity contribution in [1.82, 2.24) is 15.1 Å². The van der Waals surface area contributed by atoms with Gasteiger partial charge in [-0.2, -0.15) is 0 Å². The average Bonchev–Trinajstić information content (AvgIpc) is 2.61. The smallest absolute Gasteiger partial charge is 0.245 e. The van der Waals surface area contributed by atoms with E-state index in [0.717, 1.165) is 6.42 Å². The molecule has 1 N–H and O–H groups in total. The lowest BCUT2D eigenvalue weighted by atomic mass is 9.91. The van der Waals surface area contributed by atoms with Crippen molar-refractivity contribution in [3.8, 4) is 0 Å². The standard InChI is InChI=1S/C23H45N3O3/c1-12-17(8)20(25(9)10)22(28)24-19(15(4)5)23(29)26(11)18(13-14(2)3)21(27)16(6)7/h14-20H,12-13H2,1-11H3,(H,24,28)/t17-,18-,19-,20?/m0/s1. The van der Waals surface area contributed by atoms with Gasteiger partial charge in [0.05, 0.1) is 12.1 Å². The van der Waals surface area contributed by atoms with Crippen LogP contribution in [0.4, 0.5) is 0 Å². The van der Waals surface area contributed by atoms with Gasteiger partial charge in [-0.05, 0) is 38.3 Å². The Labute approximate surface area is 178 Å².